The SMILES string of the molecule is CS(=O)(=O)c1ccccc1-c1ccc(NC(=O)C2(Nc3cccc(C#N)c3)CCSCC2)cc1. The molecule has 8 heteroatoms. The summed E-state index contributed by atoms with van der Waals surface area (Å²) in [6, 6.07) is 23.4. The van der Waals surface area contributed by atoms with E-state index in [0.29, 0.717) is 29.7 Å². The molecule has 1 aliphatic rings. The first-order chi connectivity index (χ1) is 16.3. The highest BCUT2D eigenvalue weighted by molar-refractivity contribution is 7.99. The van der Waals surface area contributed by atoms with E-state index in [0.717, 1.165) is 22.8 Å². The molecular formula is C26H25N3O3S2. The summed E-state index contributed by atoms with van der Waals surface area (Å²) in [4.78, 5) is 13.7. The summed E-state index contributed by atoms with van der Waals surface area (Å²) in [7, 11) is -3.37. The lowest BCUT2D eigenvalue weighted by atomic mass is 9.90. The first kappa shape index (κ1) is 23.9. The van der Waals surface area contributed by atoms with Gasteiger partial charge in [-0.2, -0.15) is 17.0 Å². The molecule has 0 saturated carbocycles. The molecule has 1 heterocycles. The van der Waals surface area contributed by atoms with Crippen molar-refractivity contribution < 1.29 is 13.2 Å². The van der Waals surface area contributed by atoms with Crippen molar-refractivity contribution in [3.8, 4) is 17.2 Å². The van der Waals surface area contributed by atoms with Crippen LogP contribution in [-0.4, -0.2) is 37.6 Å². The minimum absolute atomic E-state index is 0.126. The molecule has 6 nitrogen and oxygen atoms in total. The Kier molecular flexibility index (Phi) is 6.96. The van der Waals surface area contributed by atoms with Crippen LogP contribution in [0, 0.1) is 11.3 Å². The summed E-state index contributed by atoms with van der Waals surface area (Å²) < 4.78 is 24.3. The summed E-state index contributed by atoms with van der Waals surface area (Å²) in [5.74, 6) is 1.60. The van der Waals surface area contributed by atoms with Gasteiger partial charge in [-0.15, -0.1) is 0 Å². The number of hydrogen-bond acceptors (Lipinski definition) is 6. The van der Waals surface area contributed by atoms with Crippen molar-refractivity contribution in [1.29, 1.82) is 5.26 Å². The fourth-order valence-corrected chi connectivity index (χ4v) is 6.18. The van der Waals surface area contributed by atoms with E-state index in [9.17, 15) is 18.5 Å². The predicted octanol–water partition coefficient (Wildman–Crippen LogP) is 4.95. The zero-order chi connectivity index (χ0) is 24.2. The van der Waals surface area contributed by atoms with Crippen LogP contribution in [0.5, 0.6) is 0 Å². The molecule has 4 rings (SSSR count). The Hall–Kier alpha value is -3.28. The summed E-state index contributed by atoms with van der Waals surface area (Å²) in [5, 5.41) is 15.6. The fourth-order valence-electron chi connectivity index (χ4n) is 4.08. The topological polar surface area (TPSA) is 99.1 Å². The lowest BCUT2D eigenvalue weighted by Gasteiger charge is -2.37. The van der Waals surface area contributed by atoms with Crippen LogP contribution in [0.3, 0.4) is 0 Å². The van der Waals surface area contributed by atoms with Gasteiger partial charge >= 0.3 is 0 Å². The van der Waals surface area contributed by atoms with Gasteiger partial charge in [-0.25, -0.2) is 8.42 Å². The van der Waals surface area contributed by atoms with Gasteiger partial charge in [0.25, 0.3) is 0 Å². The van der Waals surface area contributed by atoms with Crippen molar-refractivity contribution in [2.24, 2.45) is 0 Å². The summed E-state index contributed by atoms with van der Waals surface area (Å²) >= 11 is 1.82. The molecule has 3 aromatic carbocycles. The van der Waals surface area contributed by atoms with E-state index in [-0.39, 0.29) is 10.8 Å². The van der Waals surface area contributed by atoms with Crippen LogP contribution in [0.15, 0.2) is 77.7 Å². The number of nitriles is 1. The van der Waals surface area contributed by atoms with Crippen molar-refractivity contribution in [2.75, 3.05) is 28.4 Å². The number of sulfone groups is 1. The third kappa shape index (κ3) is 5.27. The van der Waals surface area contributed by atoms with E-state index in [4.69, 9.17) is 0 Å². The van der Waals surface area contributed by atoms with E-state index >= 15 is 0 Å². The number of carbonyl (C=O) groups is 1. The summed E-state index contributed by atoms with van der Waals surface area (Å²) in [6.07, 6.45) is 2.53. The molecule has 1 fully saturated rings. The Balaban J connectivity index is 1.57. The molecule has 0 radical (unpaired) electrons. The average molecular weight is 492 g/mol. The largest absolute Gasteiger partial charge is 0.371 e. The lowest BCUT2D eigenvalue weighted by Crippen LogP contribution is -2.52. The second-order valence-corrected chi connectivity index (χ2v) is 11.5. The number of nitrogens with zero attached hydrogens (tertiary/aromatic N) is 1. The van der Waals surface area contributed by atoms with Crippen LogP contribution in [0.4, 0.5) is 11.4 Å². The maximum atomic E-state index is 13.5. The average Bonchev–Trinajstić information content (AvgIpc) is 2.84. The van der Waals surface area contributed by atoms with Crippen molar-refractivity contribution in [2.45, 2.75) is 23.3 Å². The van der Waals surface area contributed by atoms with Gasteiger partial charge < -0.3 is 10.6 Å². The van der Waals surface area contributed by atoms with Crippen LogP contribution >= 0.6 is 11.8 Å². The number of thioether (sulfide) groups is 1. The number of amides is 1. The number of carbonyl (C=O) groups excluding carboxylic acids is 1. The third-order valence-electron chi connectivity index (χ3n) is 5.90. The van der Waals surface area contributed by atoms with Gasteiger partial charge in [0.2, 0.25) is 5.91 Å². The molecule has 0 unspecified atom stereocenters. The van der Waals surface area contributed by atoms with Crippen LogP contribution < -0.4 is 10.6 Å². The molecule has 1 saturated heterocycles. The molecule has 0 atom stereocenters. The summed E-state index contributed by atoms with van der Waals surface area (Å²) in [6.45, 7) is 0. The third-order valence-corrected chi connectivity index (χ3v) is 8.04. The van der Waals surface area contributed by atoms with Gasteiger partial charge in [0.05, 0.1) is 16.5 Å². The molecule has 0 bridgehead atoms. The van der Waals surface area contributed by atoms with E-state index in [2.05, 4.69) is 16.7 Å². The van der Waals surface area contributed by atoms with Crippen molar-refractivity contribution in [3.63, 3.8) is 0 Å². The van der Waals surface area contributed by atoms with E-state index < -0.39 is 15.4 Å². The minimum Gasteiger partial charge on any atom is -0.371 e. The zero-order valence-electron chi connectivity index (χ0n) is 18.7. The molecule has 0 aliphatic carbocycles. The Morgan fingerprint density at radius 1 is 0.971 bits per heavy atom. The quantitative estimate of drug-likeness (QED) is 0.506. The van der Waals surface area contributed by atoms with E-state index in [1.54, 1.807) is 54.6 Å². The normalized spacial score (nSPS) is 15.2. The molecule has 0 spiro atoms. The number of rotatable bonds is 6. The number of anilines is 2. The molecule has 34 heavy (non-hydrogen) atoms. The smallest absolute Gasteiger partial charge is 0.250 e. The van der Waals surface area contributed by atoms with E-state index in [1.807, 2.05) is 30.0 Å². The lowest BCUT2D eigenvalue weighted by molar-refractivity contribution is -0.120. The van der Waals surface area contributed by atoms with Crippen molar-refractivity contribution in [3.05, 3.63) is 78.4 Å². The van der Waals surface area contributed by atoms with Gasteiger partial charge in [-0.3, -0.25) is 4.79 Å². The highest BCUT2D eigenvalue weighted by Gasteiger charge is 2.40. The second-order valence-electron chi connectivity index (χ2n) is 8.31. The monoisotopic (exact) mass is 491 g/mol. The summed E-state index contributed by atoms with van der Waals surface area (Å²) in [5.41, 5.74) is 2.53. The van der Waals surface area contributed by atoms with Crippen LogP contribution in [0.25, 0.3) is 11.1 Å². The Morgan fingerprint density at radius 2 is 1.68 bits per heavy atom. The van der Waals surface area contributed by atoms with Gasteiger partial charge in [0, 0.05) is 23.2 Å². The first-order valence-electron chi connectivity index (χ1n) is 10.9. The maximum Gasteiger partial charge on any atom is 0.250 e. The molecule has 1 amide bonds. The molecule has 0 aromatic heterocycles. The molecular weight excluding hydrogens is 466 g/mol. The van der Waals surface area contributed by atoms with Crippen molar-refractivity contribution in [1.82, 2.24) is 0 Å². The Morgan fingerprint density at radius 3 is 2.35 bits per heavy atom. The number of nitrogens with one attached hydrogen (secondary N) is 2. The molecule has 174 valence electrons. The van der Waals surface area contributed by atoms with Gasteiger partial charge in [0.15, 0.2) is 9.84 Å². The van der Waals surface area contributed by atoms with Gasteiger partial charge in [-0.1, -0.05) is 36.4 Å². The second kappa shape index (κ2) is 9.92. The van der Waals surface area contributed by atoms with Gasteiger partial charge in [0.1, 0.15) is 5.54 Å². The Labute approximate surface area is 204 Å². The number of hydrogen-bond donors (Lipinski definition) is 2. The molecule has 2 N–H and O–H groups in total. The zero-order valence-corrected chi connectivity index (χ0v) is 20.4. The number of benzene rings is 3. The minimum atomic E-state index is -3.37. The highest BCUT2D eigenvalue weighted by atomic mass is 32.2. The first-order valence-corrected chi connectivity index (χ1v) is 13.9. The Bertz CT molecular complexity index is 1340. The van der Waals surface area contributed by atoms with E-state index in [1.165, 1.54) is 6.26 Å². The predicted molar refractivity (Wildman–Crippen MR) is 138 cm³/mol. The fraction of sp³-hybridized carbons (Fsp3) is 0.231. The van der Waals surface area contributed by atoms with Crippen LogP contribution in [-0.2, 0) is 14.6 Å². The highest BCUT2D eigenvalue weighted by Crippen LogP contribution is 2.33. The molecule has 1 aliphatic heterocycles. The van der Waals surface area contributed by atoms with Gasteiger partial charge in [-0.05, 0) is 66.3 Å². The van der Waals surface area contributed by atoms with Crippen molar-refractivity contribution >= 4 is 38.9 Å². The van der Waals surface area contributed by atoms with Crippen LogP contribution in [0.2, 0.25) is 0 Å². The maximum absolute atomic E-state index is 13.5. The standard InChI is InChI=1S/C26H25N3O3S2/c1-34(31,32)24-8-3-2-7-23(24)20-9-11-21(12-10-20)28-25(30)26(13-15-33-16-14-26)29-22-6-4-5-19(17-22)18-27/h2-12,17,29H,13-16H2,1H3,(H,28,30). The van der Waals surface area contributed by atoms with Crippen LogP contribution in [0.1, 0.15) is 18.4 Å². The molecule has 3 aromatic rings.